The van der Waals surface area contributed by atoms with Crippen LogP contribution in [0.1, 0.15) is 43.7 Å². The Labute approximate surface area is 157 Å². The van der Waals surface area contributed by atoms with E-state index in [0.717, 1.165) is 34.4 Å². The second-order valence-electron chi connectivity index (χ2n) is 7.81. The monoisotopic (exact) mass is 369 g/mol. The Morgan fingerprint density at radius 1 is 1.33 bits per heavy atom. The van der Waals surface area contributed by atoms with Crippen LogP contribution in [0.25, 0.3) is 11.0 Å². The van der Waals surface area contributed by atoms with Gasteiger partial charge in [-0.05, 0) is 50.2 Å². The van der Waals surface area contributed by atoms with Gasteiger partial charge in [-0.2, -0.15) is 5.01 Å². The van der Waals surface area contributed by atoms with Gasteiger partial charge < -0.3 is 9.73 Å². The molecular weight excluding hydrogens is 346 g/mol. The maximum atomic E-state index is 12.8. The average Bonchev–Trinajstić information content (AvgIpc) is 3.12. The van der Waals surface area contributed by atoms with Crippen molar-refractivity contribution in [3.63, 3.8) is 0 Å². The lowest BCUT2D eigenvalue weighted by Gasteiger charge is -2.33. The molecule has 1 aromatic heterocycles. The topological polar surface area (TPSA) is 91.7 Å². The van der Waals surface area contributed by atoms with E-state index in [2.05, 4.69) is 17.7 Å². The normalized spacial score (nSPS) is 25.3. The molecule has 1 saturated carbocycles. The molecule has 2 heterocycles. The molecule has 0 radical (unpaired) electrons. The summed E-state index contributed by atoms with van der Waals surface area (Å²) in [5.41, 5.74) is 4.10. The van der Waals surface area contributed by atoms with Crippen LogP contribution in [0.15, 0.2) is 28.9 Å². The molecular formula is C20H23N3O4. The number of carbonyl (C=O) groups is 3. The Kier molecular flexibility index (Phi) is 4.17. The van der Waals surface area contributed by atoms with Crippen LogP contribution in [0, 0.1) is 12.8 Å². The van der Waals surface area contributed by atoms with Crippen LogP contribution >= 0.6 is 0 Å². The molecule has 2 fully saturated rings. The quantitative estimate of drug-likeness (QED) is 0.814. The largest absolute Gasteiger partial charge is 0.464 e. The van der Waals surface area contributed by atoms with Crippen molar-refractivity contribution in [3.05, 3.63) is 35.6 Å². The first kappa shape index (κ1) is 17.6. The number of nitrogens with one attached hydrogen (secondary N) is 2. The number of imide groups is 1. The smallest absolute Gasteiger partial charge is 0.344 e. The van der Waals surface area contributed by atoms with Crippen molar-refractivity contribution >= 4 is 28.8 Å². The number of furan rings is 1. The number of fused-ring (bicyclic) bond motifs is 1. The second kappa shape index (κ2) is 6.40. The minimum Gasteiger partial charge on any atom is -0.464 e. The third-order valence-corrected chi connectivity index (χ3v) is 5.69. The van der Waals surface area contributed by atoms with E-state index in [0.29, 0.717) is 24.3 Å². The molecule has 7 heteroatoms. The van der Waals surface area contributed by atoms with E-state index in [9.17, 15) is 14.4 Å². The number of benzene rings is 1. The van der Waals surface area contributed by atoms with Crippen molar-refractivity contribution < 1.29 is 18.8 Å². The van der Waals surface area contributed by atoms with Gasteiger partial charge in [0.25, 0.3) is 5.91 Å². The van der Waals surface area contributed by atoms with Crippen LogP contribution in [0.5, 0.6) is 0 Å². The zero-order chi connectivity index (χ0) is 19.2. The molecule has 0 bridgehead atoms. The fourth-order valence-electron chi connectivity index (χ4n) is 3.98. The number of hydrazine groups is 1. The predicted octanol–water partition coefficient (Wildman–Crippen LogP) is 2.82. The fraction of sp³-hybridized carbons (Fsp3) is 0.450. The SMILES string of the molecule is Cc1ccc2c(CC(=O)NN3C(=O)NC4(CCC(C)CC4)C3=O)coc2c1. The van der Waals surface area contributed by atoms with E-state index in [1.54, 1.807) is 6.26 Å². The molecule has 7 nitrogen and oxygen atoms in total. The summed E-state index contributed by atoms with van der Waals surface area (Å²) in [6, 6.07) is 5.20. The van der Waals surface area contributed by atoms with Crippen molar-refractivity contribution in [2.24, 2.45) is 5.92 Å². The molecule has 2 aromatic rings. The molecule has 27 heavy (non-hydrogen) atoms. The number of hydrogen-bond acceptors (Lipinski definition) is 4. The van der Waals surface area contributed by atoms with Gasteiger partial charge in [0.1, 0.15) is 11.1 Å². The van der Waals surface area contributed by atoms with Gasteiger partial charge in [-0.3, -0.25) is 15.0 Å². The lowest BCUT2D eigenvalue weighted by atomic mass is 9.77. The van der Waals surface area contributed by atoms with Gasteiger partial charge in [0.2, 0.25) is 5.91 Å². The number of amides is 4. The standard InChI is InChI=1S/C20H23N3O4/c1-12-5-7-20(8-6-12)18(25)23(19(26)21-20)22-17(24)10-14-11-27-16-9-13(2)3-4-15(14)16/h3-4,9,11-12H,5-8,10H2,1-2H3,(H,21,26)(H,22,24). The molecule has 4 amide bonds. The third-order valence-electron chi connectivity index (χ3n) is 5.69. The van der Waals surface area contributed by atoms with Crippen LogP contribution in [0.2, 0.25) is 0 Å². The van der Waals surface area contributed by atoms with Crippen molar-refractivity contribution in [2.45, 2.75) is 51.5 Å². The van der Waals surface area contributed by atoms with Crippen LogP contribution in [-0.4, -0.2) is 28.4 Å². The summed E-state index contributed by atoms with van der Waals surface area (Å²) in [5, 5.41) is 4.48. The third kappa shape index (κ3) is 3.07. The number of rotatable bonds is 3. The Hall–Kier alpha value is -2.83. The molecule has 2 aliphatic rings. The number of urea groups is 1. The molecule has 1 aromatic carbocycles. The van der Waals surface area contributed by atoms with Gasteiger partial charge in [0, 0.05) is 10.9 Å². The summed E-state index contributed by atoms with van der Waals surface area (Å²) in [7, 11) is 0. The number of nitrogens with zero attached hydrogens (tertiary/aromatic N) is 1. The van der Waals surface area contributed by atoms with E-state index < -0.39 is 17.5 Å². The molecule has 1 saturated heterocycles. The maximum absolute atomic E-state index is 12.8. The molecule has 1 spiro atoms. The Morgan fingerprint density at radius 3 is 2.81 bits per heavy atom. The number of aryl methyl sites for hydroxylation is 1. The summed E-state index contributed by atoms with van der Waals surface area (Å²) in [4.78, 5) is 37.5. The Balaban J connectivity index is 1.46. The molecule has 4 rings (SSSR count). The molecule has 0 unspecified atom stereocenters. The van der Waals surface area contributed by atoms with Crippen LogP contribution in [0.3, 0.4) is 0 Å². The molecule has 0 atom stereocenters. The summed E-state index contributed by atoms with van der Waals surface area (Å²) in [6.45, 7) is 4.11. The zero-order valence-electron chi connectivity index (χ0n) is 15.5. The number of hydrogen-bond donors (Lipinski definition) is 2. The highest BCUT2D eigenvalue weighted by molar-refractivity contribution is 6.08. The molecule has 1 aliphatic heterocycles. The summed E-state index contributed by atoms with van der Waals surface area (Å²) in [5.74, 6) is -0.245. The first-order valence-electron chi connectivity index (χ1n) is 9.31. The maximum Gasteiger partial charge on any atom is 0.344 e. The Morgan fingerprint density at radius 2 is 2.07 bits per heavy atom. The highest BCUT2D eigenvalue weighted by Crippen LogP contribution is 2.35. The van der Waals surface area contributed by atoms with Gasteiger partial charge >= 0.3 is 6.03 Å². The molecule has 1 aliphatic carbocycles. The van der Waals surface area contributed by atoms with Crippen molar-refractivity contribution in [1.82, 2.24) is 15.8 Å². The van der Waals surface area contributed by atoms with Gasteiger partial charge in [-0.25, -0.2) is 4.79 Å². The molecule has 142 valence electrons. The highest BCUT2D eigenvalue weighted by atomic mass is 16.3. The van der Waals surface area contributed by atoms with E-state index >= 15 is 0 Å². The zero-order valence-corrected chi connectivity index (χ0v) is 15.5. The van der Waals surface area contributed by atoms with E-state index in [1.807, 2.05) is 25.1 Å². The van der Waals surface area contributed by atoms with Gasteiger partial charge in [-0.15, -0.1) is 0 Å². The number of carbonyl (C=O) groups excluding carboxylic acids is 3. The van der Waals surface area contributed by atoms with E-state index in [-0.39, 0.29) is 12.3 Å². The van der Waals surface area contributed by atoms with E-state index in [1.165, 1.54) is 0 Å². The van der Waals surface area contributed by atoms with Crippen LogP contribution in [0.4, 0.5) is 4.79 Å². The van der Waals surface area contributed by atoms with Crippen LogP contribution < -0.4 is 10.7 Å². The van der Waals surface area contributed by atoms with Crippen molar-refractivity contribution in [1.29, 1.82) is 0 Å². The second-order valence-corrected chi connectivity index (χ2v) is 7.81. The summed E-state index contributed by atoms with van der Waals surface area (Å²) >= 11 is 0. The first-order chi connectivity index (χ1) is 12.9. The summed E-state index contributed by atoms with van der Waals surface area (Å²) in [6.07, 6.45) is 4.55. The first-order valence-corrected chi connectivity index (χ1v) is 9.31. The highest BCUT2D eigenvalue weighted by Gasteiger charge is 2.52. The minimum atomic E-state index is -0.864. The average molecular weight is 369 g/mol. The van der Waals surface area contributed by atoms with Crippen molar-refractivity contribution in [3.8, 4) is 0 Å². The van der Waals surface area contributed by atoms with Gasteiger partial charge in [0.15, 0.2) is 0 Å². The van der Waals surface area contributed by atoms with E-state index in [4.69, 9.17) is 4.42 Å². The predicted molar refractivity (Wildman–Crippen MR) is 98.5 cm³/mol. The molecule has 2 N–H and O–H groups in total. The Bertz CT molecular complexity index is 924. The van der Waals surface area contributed by atoms with Gasteiger partial charge in [-0.1, -0.05) is 19.1 Å². The minimum absolute atomic E-state index is 0.0250. The van der Waals surface area contributed by atoms with Gasteiger partial charge in [0.05, 0.1) is 12.7 Å². The lowest BCUT2D eigenvalue weighted by molar-refractivity contribution is -0.139. The lowest BCUT2D eigenvalue weighted by Crippen LogP contribution is -2.51. The van der Waals surface area contributed by atoms with Crippen molar-refractivity contribution in [2.75, 3.05) is 0 Å². The fourth-order valence-corrected chi connectivity index (χ4v) is 3.98. The van der Waals surface area contributed by atoms with Crippen LogP contribution in [-0.2, 0) is 16.0 Å². The summed E-state index contributed by atoms with van der Waals surface area (Å²) < 4.78 is 5.50.